The highest BCUT2D eigenvalue weighted by Gasteiger charge is 2.24. The second kappa shape index (κ2) is 10.0. The molecule has 1 aliphatic heterocycles. The summed E-state index contributed by atoms with van der Waals surface area (Å²) in [6, 6.07) is 19.5. The van der Waals surface area contributed by atoms with Gasteiger partial charge in [0.25, 0.3) is 0 Å². The number of cyclic esters (lactones) is 1. The molecule has 5 nitrogen and oxygen atoms in total. The van der Waals surface area contributed by atoms with E-state index >= 15 is 0 Å². The van der Waals surface area contributed by atoms with Gasteiger partial charge in [-0.2, -0.15) is 0 Å². The molecule has 3 aromatic carbocycles. The van der Waals surface area contributed by atoms with Gasteiger partial charge >= 0.3 is 5.97 Å². The largest absolute Gasteiger partial charge is 0.493 e. The number of carbonyl (C=O) groups excluding carboxylic acids is 1. The quantitative estimate of drug-likeness (QED) is 0.183. The van der Waals surface area contributed by atoms with E-state index in [2.05, 4.69) is 50.2 Å². The lowest BCUT2D eigenvalue weighted by atomic mass is 10.1. The zero-order valence-corrected chi connectivity index (χ0v) is 21.7. The Bertz CT molecular complexity index is 1230. The van der Waals surface area contributed by atoms with E-state index in [1.54, 1.807) is 13.2 Å². The number of aliphatic imine (C=N–C) groups is 1. The predicted octanol–water partition coefficient (Wildman–Crippen LogP) is 6.14. The van der Waals surface area contributed by atoms with Gasteiger partial charge in [0.1, 0.15) is 6.61 Å². The molecule has 0 amide bonds. The molecule has 32 heavy (non-hydrogen) atoms. The molecule has 4 rings (SSSR count). The molecule has 0 aromatic heterocycles. The number of methoxy groups -OCH3 is 1. The van der Waals surface area contributed by atoms with Crippen LogP contribution in [0.25, 0.3) is 6.08 Å². The number of esters is 1. The molecular weight excluding hydrogens is 632 g/mol. The smallest absolute Gasteiger partial charge is 0.363 e. The molecule has 0 saturated carbocycles. The van der Waals surface area contributed by atoms with Gasteiger partial charge in [0.2, 0.25) is 5.90 Å². The summed E-state index contributed by atoms with van der Waals surface area (Å²) in [6.45, 7) is 2.44. The summed E-state index contributed by atoms with van der Waals surface area (Å²) in [5.74, 6) is 1.04. The molecular formula is C25H19I2NO4. The topological polar surface area (TPSA) is 57.1 Å². The van der Waals surface area contributed by atoms with E-state index in [4.69, 9.17) is 14.2 Å². The lowest BCUT2D eigenvalue weighted by molar-refractivity contribution is -0.129. The molecule has 0 N–H and O–H groups in total. The van der Waals surface area contributed by atoms with Crippen LogP contribution < -0.4 is 9.47 Å². The highest BCUT2D eigenvalue weighted by Crippen LogP contribution is 2.30. The maximum Gasteiger partial charge on any atom is 0.363 e. The Kier molecular flexibility index (Phi) is 7.14. The average Bonchev–Trinajstić information content (AvgIpc) is 3.15. The number of nitrogens with zero attached hydrogens (tertiary/aromatic N) is 1. The summed E-state index contributed by atoms with van der Waals surface area (Å²) < 4.78 is 19.1. The molecule has 3 aromatic rings. The molecule has 1 heterocycles. The van der Waals surface area contributed by atoms with Crippen LogP contribution in [-0.2, 0) is 16.1 Å². The highest BCUT2D eigenvalue weighted by molar-refractivity contribution is 14.1. The van der Waals surface area contributed by atoms with Crippen molar-refractivity contribution in [2.75, 3.05) is 7.11 Å². The second-order valence-electron chi connectivity index (χ2n) is 7.13. The minimum atomic E-state index is -0.478. The minimum Gasteiger partial charge on any atom is -0.493 e. The number of halogens is 2. The van der Waals surface area contributed by atoms with Crippen LogP contribution in [0.5, 0.6) is 11.5 Å². The zero-order valence-electron chi connectivity index (χ0n) is 17.4. The Labute approximate surface area is 213 Å². The Balaban J connectivity index is 1.54. The third kappa shape index (κ3) is 5.32. The maximum atomic E-state index is 12.4. The van der Waals surface area contributed by atoms with Crippen LogP contribution in [0.2, 0.25) is 0 Å². The molecule has 0 radical (unpaired) electrons. The molecule has 0 saturated heterocycles. The van der Waals surface area contributed by atoms with E-state index in [0.717, 1.165) is 25.8 Å². The molecule has 0 spiro atoms. The van der Waals surface area contributed by atoms with Crippen LogP contribution in [0.15, 0.2) is 71.4 Å². The first-order chi connectivity index (χ1) is 15.4. The fraction of sp³-hybridized carbons (Fsp3) is 0.120. The van der Waals surface area contributed by atoms with E-state index in [-0.39, 0.29) is 5.70 Å². The first kappa shape index (κ1) is 22.8. The van der Waals surface area contributed by atoms with Gasteiger partial charge in [-0.15, -0.1) is 0 Å². The van der Waals surface area contributed by atoms with Crippen molar-refractivity contribution in [3.63, 3.8) is 0 Å². The summed E-state index contributed by atoms with van der Waals surface area (Å²) >= 11 is 4.54. The van der Waals surface area contributed by atoms with Crippen LogP contribution in [0, 0.1) is 14.1 Å². The van der Waals surface area contributed by atoms with Gasteiger partial charge in [0, 0.05) is 12.7 Å². The van der Waals surface area contributed by atoms with Crippen LogP contribution in [0.3, 0.4) is 0 Å². The summed E-state index contributed by atoms with van der Waals surface area (Å²) in [5, 5.41) is 0. The number of benzene rings is 3. The molecule has 0 unspecified atom stereocenters. The molecule has 0 aliphatic carbocycles. The Morgan fingerprint density at radius 1 is 1.00 bits per heavy atom. The Morgan fingerprint density at radius 3 is 2.50 bits per heavy atom. The normalized spacial score (nSPS) is 14.3. The lowest BCUT2D eigenvalue weighted by Crippen LogP contribution is -2.05. The van der Waals surface area contributed by atoms with Crippen LogP contribution in [0.1, 0.15) is 22.3 Å². The zero-order chi connectivity index (χ0) is 22.7. The van der Waals surface area contributed by atoms with Crippen molar-refractivity contribution in [1.82, 2.24) is 0 Å². The highest BCUT2D eigenvalue weighted by atomic mass is 127. The van der Waals surface area contributed by atoms with Crippen molar-refractivity contribution in [3.05, 3.63) is 95.8 Å². The molecule has 0 bridgehead atoms. The molecule has 1 aliphatic rings. The fourth-order valence-corrected chi connectivity index (χ4v) is 3.80. The standard InChI is InChI=1S/C25H19I2NO4/c1-15-11-18(6-9-20(15)27)24-28-21(25(29)32-24)12-17-5-10-22(23(13-17)30-2)31-14-16-3-7-19(26)8-4-16/h3-13H,14H2,1-2H3/b21-12-. The van der Waals surface area contributed by atoms with E-state index in [0.29, 0.717) is 24.0 Å². The van der Waals surface area contributed by atoms with Crippen LogP contribution >= 0.6 is 45.2 Å². The SMILES string of the molecule is COc1cc(/C=C2\N=C(c3ccc(I)c(C)c3)OC2=O)ccc1OCc1ccc(I)cc1. The first-order valence-corrected chi connectivity index (χ1v) is 11.9. The molecule has 162 valence electrons. The molecule has 0 atom stereocenters. The van der Waals surface area contributed by atoms with Gasteiger partial charge < -0.3 is 14.2 Å². The summed E-state index contributed by atoms with van der Waals surface area (Å²) in [7, 11) is 1.59. The molecule has 7 heteroatoms. The van der Waals surface area contributed by atoms with Crippen molar-refractivity contribution in [1.29, 1.82) is 0 Å². The number of ether oxygens (including phenoxy) is 3. The van der Waals surface area contributed by atoms with Crippen molar-refractivity contribution in [2.24, 2.45) is 4.99 Å². The molecule has 0 fully saturated rings. The average molecular weight is 651 g/mol. The number of hydrogen-bond donors (Lipinski definition) is 0. The van der Waals surface area contributed by atoms with Gasteiger partial charge in [-0.25, -0.2) is 9.79 Å². The van der Waals surface area contributed by atoms with Crippen LogP contribution in [-0.4, -0.2) is 19.0 Å². The predicted molar refractivity (Wildman–Crippen MR) is 141 cm³/mol. The van der Waals surface area contributed by atoms with E-state index in [9.17, 15) is 4.79 Å². The van der Waals surface area contributed by atoms with Gasteiger partial charge in [-0.3, -0.25) is 0 Å². The Hall–Kier alpha value is -2.40. The van der Waals surface area contributed by atoms with Crippen molar-refractivity contribution in [3.8, 4) is 11.5 Å². The van der Waals surface area contributed by atoms with E-state index in [1.165, 1.54) is 3.57 Å². The number of carbonyl (C=O) groups is 1. The summed E-state index contributed by atoms with van der Waals surface area (Å²) in [4.78, 5) is 16.8. The third-order valence-corrected chi connectivity index (χ3v) is 6.75. The summed E-state index contributed by atoms with van der Waals surface area (Å²) in [6.07, 6.45) is 1.68. The van der Waals surface area contributed by atoms with Crippen LogP contribution in [0.4, 0.5) is 0 Å². The second-order valence-corrected chi connectivity index (χ2v) is 9.53. The summed E-state index contributed by atoms with van der Waals surface area (Å²) in [5.41, 5.74) is 3.95. The van der Waals surface area contributed by atoms with Gasteiger partial charge in [0.05, 0.1) is 7.11 Å². The van der Waals surface area contributed by atoms with E-state index in [1.807, 2.05) is 67.6 Å². The van der Waals surface area contributed by atoms with Gasteiger partial charge in [-0.05, 0) is 117 Å². The number of hydrogen-bond acceptors (Lipinski definition) is 5. The Morgan fingerprint density at radius 2 is 1.78 bits per heavy atom. The monoisotopic (exact) mass is 651 g/mol. The van der Waals surface area contributed by atoms with Gasteiger partial charge in [0.15, 0.2) is 17.2 Å². The van der Waals surface area contributed by atoms with Crippen molar-refractivity contribution >= 4 is 63.1 Å². The van der Waals surface area contributed by atoms with Gasteiger partial charge in [-0.1, -0.05) is 18.2 Å². The van der Waals surface area contributed by atoms with Crippen molar-refractivity contribution < 1.29 is 19.0 Å². The first-order valence-electron chi connectivity index (χ1n) is 9.77. The van der Waals surface area contributed by atoms with Crippen molar-refractivity contribution in [2.45, 2.75) is 13.5 Å². The third-order valence-electron chi connectivity index (χ3n) is 4.82. The fourth-order valence-electron chi connectivity index (χ4n) is 3.10. The number of aryl methyl sites for hydroxylation is 1. The lowest BCUT2D eigenvalue weighted by Gasteiger charge is -2.11. The number of rotatable bonds is 6. The maximum absolute atomic E-state index is 12.4. The minimum absolute atomic E-state index is 0.241. The van der Waals surface area contributed by atoms with E-state index < -0.39 is 5.97 Å².